The summed E-state index contributed by atoms with van der Waals surface area (Å²) in [7, 11) is 1.55. The van der Waals surface area contributed by atoms with Crippen molar-refractivity contribution in [3.63, 3.8) is 0 Å². The molecule has 0 aromatic heterocycles. The Balaban J connectivity index is 2.34. The first-order chi connectivity index (χ1) is 9.63. The predicted molar refractivity (Wildman–Crippen MR) is 78.8 cm³/mol. The van der Waals surface area contributed by atoms with E-state index in [0.717, 1.165) is 5.56 Å². The molecule has 2 rings (SSSR count). The number of alkyl halides is 1. The lowest BCUT2D eigenvalue weighted by Crippen LogP contribution is -1.95. The summed E-state index contributed by atoms with van der Waals surface area (Å²) in [5.74, 6) is 1.31. The Hall–Kier alpha value is -2.08. The monoisotopic (exact) mass is 337 g/mol. The van der Waals surface area contributed by atoms with Gasteiger partial charge in [-0.3, -0.25) is 10.1 Å². The number of benzene rings is 2. The SMILES string of the molecule is COc1cccc(Oc2ccc(CBr)cc2[N+](=O)[O-])c1. The largest absolute Gasteiger partial charge is 0.497 e. The zero-order valence-corrected chi connectivity index (χ0v) is 12.3. The Bertz CT molecular complexity index is 630. The van der Waals surface area contributed by atoms with Gasteiger partial charge in [-0.25, -0.2) is 0 Å². The average Bonchev–Trinajstić information content (AvgIpc) is 2.47. The third kappa shape index (κ3) is 3.27. The Morgan fingerprint density at radius 1 is 1.20 bits per heavy atom. The van der Waals surface area contributed by atoms with Crippen molar-refractivity contribution in [1.82, 2.24) is 0 Å². The number of nitro groups is 1. The van der Waals surface area contributed by atoms with E-state index < -0.39 is 4.92 Å². The quantitative estimate of drug-likeness (QED) is 0.463. The van der Waals surface area contributed by atoms with Crippen LogP contribution >= 0.6 is 15.9 Å². The smallest absolute Gasteiger partial charge is 0.311 e. The third-order valence-electron chi connectivity index (χ3n) is 2.64. The normalized spacial score (nSPS) is 10.1. The van der Waals surface area contributed by atoms with Gasteiger partial charge < -0.3 is 9.47 Å². The van der Waals surface area contributed by atoms with Crippen LogP contribution in [0.3, 0.4) is 0 Å². The van der Waals surface area contributed by atoms with Crippen LogP contribution in [0.2, 0.25) is 0 Å². The van der Waals surface area contributed by atoms with Gasteiger partial charge in [0.15, 0.2) is 0 Å². The van der Waals surface area contributed by atoms with Crippen molar-refractivity contribution in [1.29, 1.82) is 0 Å². The van der Waals surface area contributed by atoms with Gasteiger partial charge in [-0.1, -0.05) is 28.1 Å². The van der Waals surface area contributed by atoms with E-state index in [1.54, 1.807) is 43.5 Å². The summed E-state index contributed by atoms with van der Waals surface area (Å²) in [4.78, 5) is 10.6. The second kappa shape index (κ2) is 6.38. The lowest BCUT2D eigenvalue weighted by atomic mass is 10.2. The van der Waals surface area contributed by atoms with Gasteiger partial charge in [-0.2, -0.15) is 0 Å². The molecule has 0 radical (unpaired) electrons. The maximum Gasteiger partial charge on any atom is 0.311 e. The molecule has 0 fully saturated rings. The molecule has 20 heavy (non-hydrogen) atoms. The molecule has 0 unspecified atom stereocenters. The number of methoxy groups -OCH3 is 1. The van der Waals surface area contributed by atoms with E-state index in [1.165, 1.54) is 6.07 Å². The lowest BCUT2D eigenvalue weighted by Gasteiger charge is -2.08. The molecule has 2 aromatic rings. The van der Waals surface area contributed by atoms with Crippen molar-refractivity contribution < 1.29 is 14.4 Å². The molecule has 0 aliphatic carbocycles. The Kier molecular flexibility index (Phi) is 4.57. The van der Waals surface area contributed by atoms with Crippen LogP contribution in [0.5, 0.6) is 17.2 Å². The molecule has 0 saturated heterocycles. The van der Waals surface area contributed by atoms with Crippen molar-refractivity contribution in [2.24, 2.45) is 0 Å². The fourth-order valence-corrected chi connectivity index (χ4v) is 2.02. The highest BCUT2D eigenvalue weighted by Crippen LogP contribution is 2.33. The molecule has 0 spiro atoms. The zero-order chi connectivity index (χ0) is 14.5. The summed E-state index contributed by atoms with van der Waals surface area (Å²) >= 11 is 3.27. The second-order valence-corrected chi connectivity index (χ2v) is 4.53. The molecule has 0 amide bonds. The van der Waals surface area contributed by atoms with E-state index in [1.807, 2.05) is 0 Å². The Morgan fingerprint density at radius 3 is 2.60 bits per heavy atom. The second-order valence-electron chi connectivity index (χ2n) is 3.97. The van der Waals surface area contributed by atoms with Gasteiger partial charge in [-0.05, 0) is 23.8 Å². The standard InChI is InChI=1S/C14H12BrNO4/c1-19-11-3-2-4-12(8-11)20-14-6-5-10(9-15)7-13(14)16(17)18/h2-8H,9H2,1H3. The summed E-state index contributed by atoms with van der Waals surface area (Å²) in [6.07, 6.45) is 0. The molecule has 2 aromatic carbocycles. The number of halogens is 1. The summed E-state index contributed by atoms with van der Waals surface area (Å²) in [6.45, 7) is 0. The number of ether oxygens (including phenoxy) is 2. The minimum absolute atomic E-state index is 0.0650. The Labute approximate surface area is 124 Å². The van der Waals surface area contributed by atoms with Crippen LogP contribution in [0.15, 0.2) is 42.5 Å². The zero-order valence-electron chi connectivity index (χ0n) is 10.7. The first-order valence-corrected chi connectivity index (χ1v) is 6.91. The van der Waals surface area contributed by atoms with Crippen LogP contribution in [-0.4, -0.2) is 12.0 Å². The van der Waals surface area contributed by atoms with Gasteiger partial charge >= 0.3 is 5.69 Å². The predicted octanol–water partition coefficient (Wildman–Crippen LogP) is 4.29. The molecule has 0 bridgehead atoms. The maximum absolute atomic E-state index is 11.1. The molecule has 5 nitrogen and oxygen atoms in total. The third-order valence-corrected chi connectivity index (χ3v) is 3.29. The summed E-state index contributed by atoms with van der Waals surface area (Å²) in [5, 5.41) is 11.6. The van der Waals surface area contributed by atoms with E-state index in [9.17, 15) is 10.1 Å². The molecule has 0 atom stereocenters. The van der Waals surface area contributed by atoms with Crippen LogP contribution < -0.4 is 9.47 Å². The highest BCUT2D eigenvalue weighted by molar-refractivity contribution is 9.08. The van der Waals surface area contributed by atoms with Gasteiger partial charge in [0, 0.05) is 17.5 Å². The van der Waals surface area contributed by atoms with Gasteiger partial charge in [0.05, 0.1) is 12.0 Å². The van der Waals surface area contributed by atoms with E-state index >= 15 is 0 Å². The van der Waals surface area contributed by atoms with Crippen LogP contribution in [-0.2, 0) is 5.33 Å². The first-order valence-electron chi connectivity index (χ1n) is 5.79. The molecule has 0 aliphatic rings. The van der Waals surface area contributed by atoms with E-state index in [0.29, 0.717) is 16.8 Å². The molecule has 6 heteroatoms. The fourth-order valence-electron chi connectivity index (χ4n) is 1.67. The summed E-state index contributed by atoms with van der Waals surface area (Å²) < 4.78 is 10.7. The highest BCUT2D eigenvalue weighted by Gasteiger charge is 2.16. The van der Waals surface area contributed by atoms with E-state index in [-0.39, 0.29) is 11.4 Å². The molecule has 0 N–H and O–H groups in total. The number of nitro benzene ring substituents is 1. The van der Waals surface area contributed by atoms with Crippen molar-refractivity contribution in [2.75, 3.05) is 7.11 Å². The van der Waals surface area contributed by atoms with Crippen LogP contribution in [0.25, 0.3) is 0 Å². The Morgan fingerprint density at radius 2 is 1.95 bits per heavy atom. The van der Waals surface area contributed by atoms with Gasteiger partial charge in [-0.15, -0.1) is 0 Å². The van der Waals surface area contributed by atoms with Crippen LogP contribution in [0.4, 0.5) is 5.69 Å². The number of hydrogen-bond acceptors (Lipinski definition) is 4. The molecular weight excluding hydrogens is 326 g/mol. The minimum atomic E-state index is -0.457. The molecule has 0 saturated carbocycles. The number of hydrogen-bond donors (Lipinski definition) is 0. The fraction of sp³-hybridized carbons (Fsp3) is 0.143. The van der Waals surface area contributed by atoms with Crippen LogP contribution in [0.1, 0.15) is 5.56 Å². The summed E-state index contributed by atoms with van der Waals surface area (Å²) in [6, 6.07) is 11.8. The molecule has 0 heterocycles. The van der Waals surface area contributed by atoms with Crippen LogP contribution in [0, 0.1) is 10.1 Å². The van der Waals surface area contributed by atoms with Crippen molar-refractivity contribution in [2.45, 2.75) is 5.33 Å². The minimum Gasteiger partial charge on any atom is -0.497 e. The van der Waals surface area contributed by atoms with Crippen molar-refractivity contribution >= 4 is 21.6 Å². The van der Waals surface area contributed by atoms with Crippen molar-refractivity contribution in [3.8, 4) is 17.2 Å². The average molecular weight is 338 g/mol. The van der Waals surface area contributed by atoms with Gasteiger partial charge in [0.1, 0.15) is 11.5 Å². The number of rotatable bonds is 5. The van der Waals surface area contributed by atoms with E-state index in [4.69, 9.17) is 9.47 Å². The molecule has 104 valence electrons. The topological polar surface area (TPSA) is 61.6 Å². The summed E-state index contributed by atoms with van der Waals surface area (Å²) in [5.41, 5.74) is 0.750. The highest BCUT2D eigenvalue weighted by atomic mass is 79.9. The van der Waals surface area contributed by atoms with Gasteiger partial charge in [0.25, 0.3) is 0 Å². The number of nitrogens with zero attached hydrogens (tertiary/aromatic N) is 1. The van der Waals surface area contributed by atoms with E-state index in [2.05, 4.69) is 15.9 Å². The maximum atomic E-state index is 11.1. The van der Waals surface area contributed by atoms with Gasteiger partial charge in [0.2, 0.25) is 5.75 Å². The first kappa shape index (κ1) is 14.3. The lowest BCUT2D eigenvalue weighted by molar-refractivity contribution is -0.385. The van der Waals surface area contributed by atoms with Crippen molar-refractivity contribution in [3.05, 3.63) is 58.1 Å². The molecule has 0 aliphatic heterocycles. The molecular formula is C14H12BrNO4.